The molecule has 3 aromatic rings. The Kier molecular flexibility index (Phi) is 3.92. The standard InChI is InChI=1S/C20H16F2N2O/c21-14-8-6-13(7-9-14)18-12-16(20(25)24-10-1-2-11-24)15-4-3-5-17(22)19(15)23-18/h3-9,12H,1-2,10-11H2. The second-order valence-electron chi connectivity index (χ2n) is 6.20. The lowest BCUT2D eigenvalue weighted by atomic mass is 10.0. The molecule has 0 spiro atoms. The number of aromatic nitrogens is 1. The average Bonchev–Trinajstić information content (AvgIpc) is 3.16. The van der Waals surface area contributed by atoms with Crippen molar-refractivity contribution in [1.82, 2.24) is 9.88 Å². The molecule has 1 aliphatic heterocycles. The Morgan fingerprint density at radius 3 is 2.44 bits per heavy atom. The van der Waals surface area contributed by atoms with E-state index in [1.54, 1.807) is 35.2 Å². The molecule has 1 amide bonds. The Morgan fingerprint density at radius 1 is 1.00 bits per heavy atom. The smallest absolute Gasteiger partial charge is 0.254 e. The van der Waals surface area contributed by atoms with Crippen LogP contribution < -0.4 is 0 Å². The van der Waals surface area contributed by atoms with Gasteiger partial charge in [-0.2, -0.15) is 0 Å². The van der Waals surface area contributed by atoms with Gasteiger partial charge in [0.1, 0.15) is 17.2 Å². The normalized spacial score (nSPS) is 14.2. The highest BCUT2D eigenvalue weighted by atomic mass is 19.1. The number of para-hydroxylation sites is 1. The number of hydrogen-bond donors (Lipinski definition) is 0. The van der Waals surface area contributed by atoms with Gasteiger partial charge in [0.05, 0.1) is 11.3 Å². The number of hydrogen-bond acceptors (Lipinski definition) is 2. The van der Waals surface area contributed by atoms with E-state index in [2.05, 4.69) is 4.98 Å². The fourth-order valence-corrected chi connectivity index (χ4v) is 3.25. The zero-order valence-corrected chi connectivity index (χ0v) is 13.5. The number of fused-ring (bicyclic) bond motifs is 1. The number of carbonyl (C=O) groups is 1. The van der Waals surface area contributed by atoms with Crippen molar-refractivity contribution >= 4 is 16.8 Å². The van der Waals surface area contributed by atoms with Crippen molar-refractivity contribution in [2.24, 2.45) is 0 Å². The quantitative estimate of drug-likeness (QED) is 0.693. The summed E-state index contributed by atoms with van der Waals surface area (Å²) < 4.78 is 27.5. The zero-order chi connectivity index (χ0) is 17.4. The molecule has 2 heterocycles. The van der Waals surface area contributed by atoms with Crippen molar-refractivity contribution in [1.29, 1.82) is 0 Å². The molecule has 0 radical (unpaired) electrons. The second kappa shape index (κ2) is 6.24. The van der Waals surface area contributed by atoms with Gasteiger partial charge in [-0.1, -0.05) is 12.1 Å². The largest absolute Gasteiger partial charge is 0.339 e. The molecule has 0 aliphatic carbocycles. The van der Waals surface area contributed by atoms with E-state index >= 15 is 0 Å². The lowest BCUT2D eigenvalue weighted by Gasteiger charge is -2.17. The summed E-state index contributed by atoms with van der Waals surface area (Å²) in [7, 11) is 0. The van der Waals surface area contributed by atoms with Gasteiger partial charge in [-0.15, -0.1) is 0 Å². The fraction of sp³-hybridized carbons (Fsp3) is 0.200. The van der Waals surface area contributed by atoms with Crippen LogP contribution in [0.1, 0.15) is 23.2 Å². The Labute approximate surface area is 143 Å². The molecule has 0 bridgehead atoms. The third-order valence-electron chi connectivity index (χ3n) is 4.55. The average molecular weight is 338 g/mol. The fourth-order valence-electron chi connectivity index (χ4n) is 3.25. The zero-order valence-electron chi connectivity index (χ0n) is 13.5. The van der Waals surface area contributed by atoms with Gasteiger partial charge >= 0.3 is 0 Å². The summed E-state index contributed by atoms with van der Waals surface area (Å²) in [4.78, 5) is 19.1. The molecule has 1 aromatic heterocycles. The number of likely N-dealkylation sites (tertiary alicyclic amines) is 1. The molecule has 4 rings (SSSR count). The molecule has 0 saturated carbocycles. The van der Waals surface area contributed by atoms with E-state index in [9.17, 15) is 13.6 Å². The first kappa shape index (κ1) is 15.7. The maximum Gasteiger partial charge on any atom is 0.254 e. The Bertz CT molecular complexity index is 948. The Balaban J connectivity index is 1.91. The van der Waals surface area contributed by atoms with Crippen molar-refractivity contribution in [3.63, 3.8) is 0 Å². The molecule has 2 aromatic carbocycles. The van der Waals surface area contributed by atoms with Crippen LogP contribution in [0.2, 0.25) is 0 Å². The summed E-state index contributed by atoms with van der Waals surface area (Å²) >= 11 is 0. The van der Waals surface area contributed by atoms with E-state index in [-0.39, 0.29) is 17.2 Å². The highest BCUT2D eigenvalue weighted by Crippen LogP contribution is 2.28. The minimum Gasteiger partial charge on any atom is -0.339 e. The lowest BCUT2D eigenvalue weighted by molar-refractivity contribution is 0.0794. The minimum atomic E-state index is -0.475. The topological polar surface area (TPSA) is 33.2 Å². The lowest BCUT2D eigenvalue weighted by Crippen LogP contribution is -2.28. The van der Waals surface area contributed by atoms with E-state index in [0.717, 1.165) is 12.8 Å². The van der Waals surface area contributed by atoms with Gasteiger partial charge in [0, 0.05) is 24.0 Å². The van der Waals surface area contributed by atoms with E-state index in [1.165, 1.54) is 18.2 Å². The van der Waals surface area contributed by atoms with Crippen LogP contribution in [0.4, 0.5) is 8.78 Å². The van der Waals surface area contributed by atoms with Crippen LogP contribution in [0.3, 0.4) is 0 Å². The number of carbonyl (C=O) groups excluding carboxylic acids is 1. The predicted octanol–water partition coefficient (Wildman–Crippen LogP) is 4.42. The van der Waals surface area contributed by atoms with Crippen molar-refractivity contribution in [3.8, 4) is 11.3 Å². The first-order chi connectivity index (χ1) is 12.1. The SMILES string of the molecule is O=C(c1cc(-c2ccc(F)cc2)nc2c(F)cccc12)N1CCCC1. The Hall–Kier alpha value is -2.82. The van der Waals surface area contributed by atoms with E-state index in [4.69, 9.17) is 0 Å². The minimum absolute atomic E-state index is 0.112. The number of amides is 1. The summed E-state index contributed by atoms with van der Waals surface area (Å²) in [6, 6.07) is 12.1. The maximum absolute atomic E-state index is 14.3. The van der Waals surface area contributed by atoms with E-state index in [1.807, 2.05) is 0 Å². The van der Waals surface area contributed by atoms with Gasteiger partial charge in [0.25, 0.3) is 5.91 Å². The number of rotatable bonds is 2. The van der Waals surface area contributed by atoms with Gasteiger partial charge in [0.15, 0.2) is 0 Å². The molecule has 25 heavy (non-hydrogen) atoms. The maximum atomic E-state index is 14.3. The number of nitrogens with zero attached hydrogens (tertiary/aromatic N) is 2. The van der Waals surface area contributed by atoms with Crippen LogP contribution in [0.5, 0.6) is 0 Å². The van der Waals surface area contributed by atoms with Crippen LogP contribution in [-0.2, 0) is 0 Å². The molecular weight excluding hydrogens is 322 g/mol. The molecule has 0 atom stereocenters. The Morgan fingerprint density at radius 2 is 1.72 bits per heavy atom. The molecule has 1 fully saturated rings. The number of pyridine rings is 1. The van der Waals surface area contributed by atoms with Gasteiger partial charge in [-0.05, 0) is 49.2 Å². The first-order valence-electron chi connectivity index (χ1n) is 8.28. The van der Waals surface area contributed by atoms with Crippen LogP contribution in [-0.4, -0.2) is 28.9 Å². The van der Waals surface area contributed by atoms with Crippen molar-refractivity contribution < 1.29 is 13.6 Å². The number of halogens is 2. The molecular formula is C20H16F2N2O. The van der Waals surface area contributed by atoms with Crippen LogP contribution in [0, 0.1) is 11.6 Å². The summed E-state index contributed by atoms with van der Waals surface area (Å²) in [5.74, 6) is -0.945. The van der Waals surface area contributed by atoms with Crippen LogP contribution >= 0.6 is 0 Å². The molecule has 126 valence electrons. The van der Waals surface area contributed by atoms with Gasteiger partial charge < -0.3 is 4.90 Å². The van der Waals surface area contributed by atoms with Crippen LogP contribution in [0.15, 0.2) is 48.5 Å². The van der Waals surface area contributed by atoms with Crippen LogP contribution in [0.25, 0.3) is 22.2 Å². The summed E-state index contributed by atoms with van der Waals surface area (Å²) in [6.45, 7) is 1.42. The summed E-state index contributed by atoms with van der Waals surface area (Å²) in [5.41, 5.74) is 1.69. The van der Waals surface area contributed by atoms with Gasteiger partial charge in [-0.3, -0.25) is 4.79 Å². The van der Waals surface area contributed by atoms with Crippen molar-refractivity contribution in [2.75, 3.05) is 13.1 Å². The van der Waals surface area contributed by atoms with E-state index in [0.29, 0.717) is 35.3 Å². The highest BCUT2D eigenvalue weighted by Gasteiger charge is 2.23. The molecule has 3 nitrogen and oxygen atoms in total. The molecule has 0 N–H and O–H groups in total. The molecule has 0 unspecified atom stereocenters. The van der Waals surface area contributed by atoms with E-state index < -0.39 is 5.82 Å². The van der Waals surface area contributed by atoms with Crippen molar-refractivity contribution in [2.45, 2.75) is 12.8 Å². The molecule has 1 saturated heterocycles. The second-order valence-corrected chi connectivity index (χ2v) is 6.20. The first-order valence-corrected chi connectivity index (χ1v) is 8.28. The monoisotopic (exact) mass is 338 g/mol. The van der Waals surface area contributed by atoms with Gasteiger partial charge in [0.2, 0.25) is 0 Å². The van der Waals surface area contributed by atoms with Crippen molar-refractivity contribution in [3.05, 3.63) is 65.7 Å². The molecule has 5 heteroatoms. The molecule has 1 aliphatic rings. The number of benzene rings is 2. The summed E-state index contributed by atoms with van der Waals surface area (Å²) in [5, 5.41) is 0.503. The highest BCUT2D eigenvalue weighted by molar-refractivity contribution is 6.07. The van der Waals surface area contributed by atoms with Gasteiger partial charge in [-0.25, -0.2) is 13.8 Å². The predicted molar refractivity (Wildman–Crippen MR) is 92.2 cm³/mol. The third kappa shape index (κ3) is 2.86. The summed E-state index contributed by atoms with van der Waals surface area (Å²) in [6.07, 6.45) is 1.96. The third-order valence-corrected chi connectivity index (χ3v) is 4.55.